The number of ether oxygens (including phenoxy) is 1. The quantitative estimate of drug-likeness (QED) is 0.748. The van der Waals surface area contributed by atoms with Crippen molar-refractivity contribution in [2.24, 2.45) is 0 Å². The van der Waals surface area contributed by atoms with Gasteiger partial charge in [0.05, 0.1) is 12.2 Å². The Bertz CT molecular complexity index is 380. The molecule has 0 bridgehead atoms. The van der Waals surface area contributed by atoms with Crippen LogP contribution in [0.5, 0.6) is 5.75 Å². The van der Waals surface area contributed by atoms with Gasteiger partial charge < -0.3 is 4.74 Å². The van der Waals surface area contributed by atoms with Gasteiger partial charge in [-0.25, -0.2) is 8.78 Å². The summed E-state index contributed by atoms with van der Waals surface area (Å²) in [5.41, 5.74) is -0.289. The van der Waals surface area contributed by atoms with E-state index in [0.717, 1.165) is 6.07 Å². The fraction of sp³-hybridized carbons (Fsp3) is 0.300. The Kier molecular flexibility index (Phi) is 4.03. The number of carbonyl (C=O) groups excluding carboxylic acids is 1. The fourth-order valence-electron chi connectivity index (χ4n) is 1.06. The molecule has 0 aliphatic rings. The summed E-state index contributed by atoms with van der Waals surface area (Å²) in [4.78, 5) is 10.9. The van der Waals surface area contributed by atoms with Crippen LogP contribution >= 0.6 is 11.6 Å². The van der Waals surface area contributed by atoms with Gasteiger partial charge in [-0.15, -0.1) is 0 Å². The van der Waals surface area contributed by atoms with Crippen molar-refractivity contribution in [1.82, 2.24) is 0 Å². The van der Waals surface area contributed by atoms with Crippen LogP contribution in [0.2, 0.25) is 0 Å². The van der Waals surface area contributed by atoms with Gasteiger partial charge in [-0.2, -0.15) is 0 Å². The lowest BCUT2D eigenvalue weighted by molar-refractivity contribution is 0.107. The maximum Gasteiger partial charge on any atom is 0.256 e. The molecule has 0 unspecified atom stereocenters. The molecule has 0 aliphatic carbocycles. The van der Waals surface area contributed by atoms with Crippen LogP contribution in [-0.4, -0.2) is 11.8 Å². The molecule has 0 amide bonds. The fourth-order valence-corrected chi connectivity index (χ4v) is 1.20. The van der Waals surface area contributed by atoms with Crippen LogP contribution in [0.25, 0.3) is 0 Å². The zero-order chi connectivity index (χ0) is 11.4. The van der Waals surface area contributed by atoms with Gasteiger partial charge in [0, 0.05) is 6.07 Å². The predicted molar refractivity (Wildman–Crippen MR) is 52.3 cm³/mol. The van der Waals surface area contributed by atoms with Crippen molar-refractivity contribution in [3.05, 3.63) is 29.3 Å². The summed E-state index contributed by atoms with van der Waals surface area (Å²) in [5, 5.41) is -0.945. The lowest BCUT2D eigenvalue weighted by Gasteiger charge is -2.09. The van der Waals surface area contributed by atoms with Crippen molar-refractivity contribution in [1.29, 1.82) is 0 Å². The Labute approximate surface area is 90.8 Å². The van der Waals surface area contributed by atoms with E-state index in [-0.39, 0.29) is 17.9 Å². The van der Waals surface area contributed by atoms with Crippen molar-refractivity contribution < 1.29 is 18.3 Å². The Morgan fingerprint density at radius 1 is 1.47 bits per heavy atom. The molecule has 0 aliphatic heterocycles. The smallest absolute Gasteiger partial charge is 0.256 e. The normalized spacial score (nSPS) is 10.1. The van der Waals surface area contributed by atoms with Crippen molar-refractivity contribution in [3.63, 3.8) is 0 Å². The van der Waals surface area contributed by atoms with E-state index in [1.807, 2.05) is 6.92 Å². The molecular formula is C10H9ClF2O2. The molecule has 1 aromatic rings. The number of hydrogen-bond acceptors (Lipinski definition) is 2. The Balaban J connectivity index is 3.15. The van der Waals surface area contributed by atoms with E-state index >= 15 is 0 Å². The predicted octanol–water partition coefficient (Wildman–Crippen LogP) is 3.13. The van der Waals surface area contributed by atoms with Crippen molar-refractivity contribution >= 4 is 16.8 Å². The van der Waals surface area contributed by atoms with E-state index in [2.05, 4.69) is 0 Å². The summed E-state index contributed by atoms with van der Waals surface area (Å²) in [5.74, 6) is -2.08. The van der Waals surface area contributed by atoms with Gasteiger partial charge in [0.25, 0.3) is 5.24 Å². The maximum absolute atomic E-state index is 13.2. The molecule has 5 heteroatoms. The maximum atomic E-state index is 13.2. The molecule has 0 saturated carbocycles. The van der Waals surface area contributed by atoms with Crippen LogP contribution in [0.4, 0.5) is 8.78 Å². The highest BCUT2D eigenvalue weighted by Crippen LogP contribution is 2.25. The number of hydrogen-bond donors (Lipinski definition) is 0. The molecule has 0 heterocycles. The first kappa shape index (κ1) is 11.9. The summed E-state index contributed by atoms with van der Waals surface area (Å²) in [6.07, 6.45) is 0.646. The Hall–Kier alpha value is -1.16. The summed E-state index contributed by atoms with van der Waals surface area (Å²) >= 11 is 5.18. The zero-order valence-corrected chi connectivity index (χ0v) is 8.78. The highest BCUT2D eigenvalue weighted by Gasteiger charge is 2.17. The SMILES string of the molecule is CCCOc1c(F)cc(F)cc1C(=O)Cl. The van der Waals surface area contributed by atoms with Crippen LogP contribution in [0, 0.1) is 11.6 Å². The molecular weight excluding hydrogens is 226 g/mol. The molecule has 0 spiro atoms. The minimum atomic E-state index is -0.945. The van der Waals surface area contributed by atoms with Gasteiger partial charge in [-0.3, -0.25) is 4.79 Å². The van der Waals surface area contributed by atoms with Gasteiger partial charge in [0.15, 0.2) is 11.6 Å². The van der Waals surface area contributed by atoms with Gasteiger partial charge in [0.2, 0.25) is 0 Å². The number of halogens is 3. The molecule has 1 rings (SSSR count). The highest BCUT2D eigenvalue weighted by atomic mass is 35.5. The van der Waals surface area contributed by atoms with Crippen molar-refractivity contribution in [3.8, 4) is 5.75 Å². The van der Waals surface area contributed by atoms with E-state index in [1.165, 1.54) is 0 Å². The summed E-state index contributed by atoms with van der Waals surface area (Å²) in [6, 6.07) is 1.50. The van der Waals surface area contributed by atoms with Gasteiger partial charge >= 0.3 is 0 Å². The molecule has 2 nitrogen and oxygen atoms in total. The second-order valence-corrected chi connectivity index (χ2v) is 3.23. The molecule has 0 radical (unpaired) electrons. The highest BCUT2D eigenvalue weighted by molar-refractivity contribution is 6.68. The minimum absolute atomic E-state index is 0.236. The first-order valence-electron chi connectivity index (χ1n) is 4.38. The summed E-state index contributed by atoms with van der Waals surface area (Å²) in [6.45, 7) is 2.06. The third kappa shape index (κ3) is 2.89. The summed E-state index contributed by atoms with van der Waals surface area (Å²) < 4.78 is 31.0. The monoisotopic (exact) mass is 234 g/mol. The third-order valence-electron chi connectivity index (χ3n) is 1.67. The Morgan fingerprint density at radius 2 is 2.13 bits per heavy atom. The molecule has 0 aromatic heterocycles. The number of benzene rings is 1. The van der Waals surface area contributed by atoms with Crippen LogP contribution < -0.4 is 4.74 Å². The average Bonchev–Trinajstić information content (AvgIpc) is 2.15. The molecule has 0 N–H and O–H groups in total. The third-order valence-corrected chi connectivity index (χ3v) is 1.87. The lowest BCUT2D eigenvalue weighted by Crippen LogP contribution is -2.04. The largest absolute Gasteiger partial charge is 0.490 e. The van der Waals surface area contributed by atoms with Gasteiger partial charge in [-0.1, -0.05) is 6.92 Å². The first-order valence-corrected chi connectivity index (χ1v) is 4.75. The van der Waals surface area contributed by atoms with E-state index < -0.39 is 16.9 Å². The van der Waals surface area contributed by atoms with Gasteiger partial charge in [0.1, 0.15) is 5.82 Å². The van der Waals surface area contributed by atoms with E-state index in [0.29, 0.717) is 12.5 Å². The molecule has 0 atom stereocenters. The van der Waals surface area contributed by atoms with Crippen LogP contribution in [0.1, 0.15) is 23.7 Å². The summed E-state index contributed by atoms with van der Waals surface area (Å²) in [7, 11) is 0. The van der Waals surface area contributed by atoms with E-state index in [9.17, 15) is 13.6 Å². The first-order chi connectivity index (χ1) is 7.06. The minimum Gasteiger partial charge on any atom is -0.490 e. The zero-order valence-electron chi connectivity index (χ0n) is 8.02. The molecule has 0 saturated heterocycles. The van der Waals surface area contributed by atoms with Crippen molar-refractivity contribution in [2.75, 3.05) is 6.61 Å². The second kappa shape index (κ2) is 5.07. The van der Waals surface area contributed by atoms with E-state index in [1.54, 1.807) is 0 Å². The second-order valence-electron chi connectivity index (χ2n) is 2.89. The number of rotatable bonds is 4. The molecule has 82 valence electrons. The van der Waals surface area contributed by atoms with Crippen molar-refractivity contribution in [2.45, 2.75) is 13.3 Å². The standard InChI is InChI=1S/C10H9ClF2O2/c1-2-3-15-9-7(10(11)14)4-6(12)5-8(9)13/h4-5H,2-3H2,1H3. The van der Waals surface area contributed by atoms with Crippen LogP contribution in [0.15, 0.2) is 12.1 Å². The lowest BCUT2D eigenvalue weighted by atomic mass is 10.2. The molecule has 15 heavy (non-hydrogen) atoms. The van der Waals surface area contributed by atoms with Crippen LogP contribution in [-0.2, 0) is 0 Å². The topological polar surface area (TPSA) is 26.3 Å². The van der Waals surface area contributed by atoms with Gasteiger partial charge in [-0.05, 0) is 24.1 Å². The van der Waals surface area contributed by atoms with Crippen LogP contribution in [0.3, 0.4) is 0 Å². The van der Waals surface area contributed by atoms with E-state index in [4.69, 9.17) is 16.3 Å². The Morgan fingerprint density at radius 3 is 2.67 bits per heavy atom. The molecule has 1 aromatic carbocycles. The molecule has 0 fully saturated rings. The average molecular weight is 235 g/mol. The number of carbonyl (C=O) groups is 1.